The van der Waals surface area contributed by atoms with E-state index in [-0.39, 0.29) is 23.1 Å². The fraction of sp³-hybridized carbons (Fsp3) is 0.200. The number of hydrogen-bond acceptors (Lipinski definition) is 6. The van der Waals surface area contributed by atoms with Crippen LogP contribution in [0.3, 0.4) is 0 Å². The third kappa shape index (κ3) is 5.55. The SMILES string of the molecule is CC(=O)Nc1ccc(NC(=O)CSc2nc3ccsc3c(=O)n2Cc2ccc(C)c(C)c2)cc1. The molecular weight excluding hydrogens is 468 g/mol. The van der Waals surface area contributed by atoms with Gasteiger partial charge in [0, 0.05) is 18.3 Å². The van der Waals surface area contributed by atoms with E-state index in [1.165, 1.54) is 35.6 Å². The molecule has 2 aromatic carbocycles. The monoisotopic (exact) mass is 492 g/mol. The molecule has 4 aromatic rings. The number of thiophene rings is 1. The topological polar surface area (TPSA) is 93.1 Å². The predicted octanol–water partition coefficient (Wildman–Crippen LogP) is 4.81. The van der Waals surface area contributed by atoms with Gasteiger partial charge in [-0.2, -0.15) is 0 Å². The highest BCUT2D eigenvalue weighted by Gasteiger charge is 2.15. The minimum absolute atomic E-state index is 0.0997. The molecule has 4 rings (SSSR count). The van der Waals surface area contributed by atoms with E-state index in [2.05, 4.69) is 28.6 Å². The summed E-state index contributed by atoms with van der Waals surface area (Å²) in [5, 5.41) is 7.88. The first-order valence-electron chi connectivity index (χ1n) is 10.6. The van der Waals surface area contributed by atoms with Crippen LogP contribution >= 0.6 is 23.1 Å². The normalized spacial score (nSPS) is 10.9. The lowest BCUT2D eigenvalue weighted by atomic mass is 10.1. The smallest absolute Gasteiger partial charge is 0.272 e. The van der Waals surface area contributed by atoms with Crippen LogP contribution in [0, 0.1) is 13.8 Å². The molecule has 0 unspecified atom stereocenters. The molecule has 2 heterocycles. The maximum absolute atomic E-state index is 13.2. The lowest BCUT2D eigenvalue weighted by Crippen LogP contribution is -2.24. The van der Waals surface area contributed by atoms with E-state index in [1.807, 2.05) is 30.5 Å². The molecule has 0 aliphatic rings. The molecular formula is C25H24N4O3S2. The summed E-state index contributed by atoms with van der Waals surface area (Å²) in [5.74, 6) is -0.271. The Balaban J connectivity index is 1.52. The Morgan fingerprint density at radius 2 is 1.71 bits per heavy atom. The lowest BCUT2D eigenvalue weighted by molar-refractivity contribution is -0.114. The van der Waals surface area contributed by atoms with Crippen molar-refractivity contribution in [3.05, 3.63) is 81.0 Å². The second-order valence-corrected chi connectivity index (χ2v) is 9.79. The summed E-state index contributed by atoms with van der Waals surface area (Å²) in [6.07, 6.45) is 0. The predicted molar refractivity (Wildman–Crippen MR) is 139 cm³/mol. The molecule has 7 nitrogen and oxygen atoms in total. The van der Waals surface area contributed by atoms with Crippen LogP contribution in [0.15, 0.2) is 63.9 Å². The zero-order valence-electron chi connectivity index (χ0n) is 19.0. The number of hydrogen-bond donors (Lipinski definition) is 2. The number of carbonyl (C=O) groups excluding carboxylic acids is 2. The van der Waals surface area contributed by atoms with Gasteiger partial charge in [-0.3, -0.25) is 19.0 Å². The summed E-state index contributed by atoms with van der Waals surface area (Å²) < 4.78 is 2.25. The molecule has 2 amide bonds. The largest absolute Gasteiger partial charge is 0.326 e. The van der Waals surface area contributed by atoms with Gasteiger partial charge >= 0.3 is 0 Å². The molecule has 0 saturated heterocycles. The number of fused-ring (bicyclic) bond motifs is 1. The number of nitrogens with zero attached hydrogens (tertiary/aromatic N) is 2. The Hall–Kier alpha value is -3.43. The summed E-state index contributed by atoms with van der Waals surface area (Å²) >= 11 is 2.61. The van der Waals surface area contributed by atoms with E-state index in [9.17, 15) is 14.4 Å². The number of carbonyl (C=O) groups is 2. The molecule has 0 atom stereocenters. The van der Waals surface area contributed by atoms with E-state index < -0.39 is 0 Å². The number of thioether (sulfide) groups is 1. The first-order valence-corrected chi connectivity index (χ1v) is 12.5. The standard InChI is InChI=1S/C25H24N4O3S2/c1-15-4-5-18(12-16(15)2)13-29-24(32)23-21(10-11-33-23)28-25(29)34-14-22(31)27-20-8-6-19(7-9-20)26-17(3)30/h4-12H,13-14H2,1-3H3,(H,26,30)(H,27,31). The molecule has 0 fully saturated rings. The maximum atomic E-state index is 13.2. The van der Waals surface area contributed by atoms with Crippen molar-refractivity contribution in [2.75, 3.05) is 16.4 Å². The van der Waals surface area contributed by atoms with Gasteiger partial charge in [0.2, 0.25) is 11.8 Å². The van der Waals surface area contributed by atoms with Crippen molar-refractivity contribution in [3.8, 4) is 0 Å². The second kappa shape index (κ2) is 10.2. The molecule has 0 spiro atoms. The Morgan fingerprint density at radius 3 is 2.38 bits per heavy atom. The Labute approximate surface area is 205 Å². The highest BCUT2D eigenvalue weighted by Crippen LogP contribution is 2.23. The Kier molecular flexibility index (Phi) is 7.14. The van der Waals surface area contributed by atoms with Crippen LogP contribution < -0.4 is 16.2 Å². The zero-order valence-corrected chi connectivity index (χ0v) is 20.7. The minimum Gasteiger partial charge on any atom is -0.326 e. The molecule has 0 aliphatic carbocycles. The van der Waals surface area contributed by atoms with Crippen LogP contribution in [-0.2, 0) is 16.1 Å². The zero-order chi connectivity index (χ0) is 24.2. The molecule has 0 aliphatic heterocycles. The molecule has 34 heavy (non-hydrogen) atoms. The lowest BCUT2D eigenvalue weighted by Gasteiger charge is -2.13. The molecule has 0 saturated carbocycles. The molecule has 9 heteroatoms. The van der Waals surface area contributed by atoms with Gasteiger partial charge in [-0.1, -0.05) is 30.0 Å². The van der Waals surface area contributed by atoms with Crippen molar-refractivity contribution in [3.63, 3.8) is 0 Å². The van der Waals surface area contributed by atoms with Crippen molar-refractivity contribution in [2.45, 2.75) is 32.5 Å². The molecule has 2 N–H and O–H groups in total. The molecule has 0 radical (unpaired) electrons. The summed E-state index contributed by atoms with van der Waals surface area (Å²) in [6, 6.07) is 14.8. The summed E-state index contributed by atoms with van der Waals surface area (Å²) in [6.45, 7) is 5.92. The van der Waals surface area contributed by atoms with Crippen LogP contribution in [0.4, 0.5) is 11.4 Å². The van der Waals surface area contributed by atoms with E-state index in [4.69, 9.17) is 0 Å². The molecule has 0 bridgehead atoms. The van der Waals surface area contributed by atoms with E-state index in [1.54, 1.807) is 28.8 Å². The highest BCUT2D eigenvalue weighted by atomic mass is 32.2. The Morgan fingerprint density at radius 1 is 1.00 bits per heavy atom. The number of rotatable bonds is 7. The number of aromatic nitrogens is 2. The number of amides is 2. The van der Waals surface area contributed by atoms with Crippen molar-refractivity contribution < 1.29 is 9.59 Å². The number of aryl methyl sites for hydroxylation is 2. The average molecular weight is 493 g/mol. The quantitative estimate of drug-likeness (QED) is 0.285. The number of anilines is 2. The van der Waals surface area contributed by atoms with Crippen molar-refractivity contribution in [2.24, 2.45) is 0 Å². The van der Waals surface area contributed by atoms with Crippen LogP contribution in [0.2, 0.25) is 0 Å². The van der Waals surface area contributed by atoms with Gasteiger partial charge < -0.3 is 10.6 Å². The van der Waals surface area contributed by atoms with Gasteiger partial charge in [0.1, 0.15) is 4.70 Å². The average Bonchev–Trinajstić information content (AvgIpc) is 3.27. The first kappa shape index (κ1) is 23.7. The first-order chi connectivity index (χ1) is 16.3. The third-order valence-corrected chi connectivity index (χ3v) is 7.13. The fourth-order valence-electron chi connectivity index (χ4n) is 3.42. The van der Waals surface area contributed by atoms with Crippen molar-refractivity contribution in [1.29, 1.82) is 0 Å². The third-order valence-electron chi connectivity index (χ3n) is 5.26. The minimum atomic E-state index is -0.213. The van der Waals surface area contributed by atoms with Crippen LogP contribution in [0.1, 0.15) is 23.6 Å². The van der Waals surface area contributed by atoms with Crippen molar-refractivity contribution >= 4 is 56.5 Å². The number of benzene rings is 2. The highest BCUT2D eigenvalue weighted by molar-refractivity contribution is 7.99. The fourth-order valence-corrected chi connectivity index (χ4v) is 5.00. The number of nitrogens with one attached hydrogen (secondary N) is 2. The van der Waals surface area contributed by atoms with Gasteiger partial charge in [-0.25, -0.2) is 4.98 Å². The van der Waals surface area contributed by atoms with Crippen LogP contribution in [0.25, 0.3) is 10.2 Å². The van der Waals surface area contributed by atoms with Gasteiger partial charge in [0.15, 0.2) is 5.16 Å². The van der Waals surface area contributed by atoms with Crippen LogP contribution in [-0.4, -0.2) is 27.1 Å². The van der Waals surface area contributed by atoms with Gasteiger partial charge in [0.05, 0.1) is 17.8 Å². The van der Waals surface area contributed by atoms with E-state index in [0.29, 0.717) is 33.3 Å². The molecule has 174 valence electrons. The van der Waals surface area contributed by atoms with Crippen molar-refractivity contribution in [1.82, 2.24) is 9.55 Å². The second-order valence-electron chi connectivity index (χ2n) is 7.93. The van der Waals surface area contributed by atoms with Gasteiger partial charge in [-0.05, 0) is 66.2 Å². The molecule has 2 aromatic heterocycles. The van der Waals surface area contributed by atoms with E-state index in [0.717, 1.165) is 11.1 Å². The summed E-state index contributed by atoms with van der Waals surface area (Å²) in [4.78, 5) is 41.6. The summed E-state index contributed by atoms with van der Waals surface area (Å²) in [5.41, 5.74) is 5.18. The van der Waals surface area contributed by atoms with Gasteiger partial charge in [0.25, 0.3) is 5.56 Å². The Bertz CT molecular complexity index is 1420. The van der Waals surface area contributed by atoms with Gasteiger partial charge in [-0.15, -0.1) is 11.3 Å². The summed E-state index contributed by atoms with van der Waals surface area (Å²) in [7, 11) is 0. The van der Waals surface area contributed by atoms with E-state index >= 15 is 0 Å². The van der Waals surface area contributed by atoms with Crippen LogP contribution in [0.5, 0.6) is 0 Å². The maximum Gasteiger partial charge on any atom is 0.272 e.